The normalized spacial score (nSPS) is 10.6. The van der Waals surface area contributed by atoms with Crippen LogP contribution in [-0.4, -0.2) is 29.0 Å². The molecule has 0 aliphatic rings. The Morgan fingerprint density at radius 2 is 1.85 bits per heavy atom. The van der Waals surface area contributed by atoms with Gasteiger partial charge >= 0.3 is 0 Å². The highest BCUT2D eigenvalue weighted by atomic mass is 16.5. The molecule has 0 radical (unpaired) electrons. The number of benzene rings is 2. The average molecular weight is 362 g/mol. The van der Waals surface area contributed by atoms with Gasteiger partial charge in [-0.2, -0.15) is 0 Å². The molecule has 2 aromatic carbocycles. The Hall–Kier alpha value is -3.01. The van der Waals surface area contributed by atoms with E-state index in [9.17, 15) is 4.79 Å². The first-order chi connectivity index (χ1) is 13.2. The molecule has 0 spiro atoms. The molecule has 0 atom stereocenters. The number of hydrogen-bond acceptors (Lipinski definition) is 2. The number of ether oxygens (including phenoxy) is 1. The molecule has 0 aliphatic heterocycles. The quantitative estimate of drug-likeness (QED) is 0.587. The van der Waals surface area contributed by atoms with Gasteiger partial charge in [0, 0.05) is 30.5 Å². The van der Waals surface area contributed by atoms with E-state index in [0.29, 0.717) is 24.4 Å². The van der Waals surface area contributed by atoms with Crippen LogP contribution >= 0.6 is 0 Å². The predicted molar refractivity (Wildman–Crippen MR) is 108 cm³/mol. The first-order valence-corrected chi connectivity index (χ1v) is 9.32. The van der Waals surface area contributed by atoms with E-state index in [2.05, 4.69) is 35.9 Å². The third kappa shape index (κ3) is 4.79. The highest BCUT2D eigenvalue weighted by Gasteiger charge is 2.17. The first-order valence-electron chi connectivity index (χ1n) is 9.32. The third-order valence-electron chi connectivity index (χ3n) is 4.57. The minimum Gasteiger partial charge on any atom is -0.497 e. The molecule has 27 heavy (non-hydrogen) atoms. The summed E-state index contributed by atoms with van der Waals surface area (Å²) in [5.74, 6) is 0.730. The number of nitrogens with zero attached hydrogens (tertiary/aromatic N) is 2. The summed E-state index contributed by atoms with van der Waals surface area (Å²) in [7, 11) is 1.61. The third-order valence-corrected chi connectivity index (χ3v) is 4.57. The Morgan fingerprint density at radius 3 is 2.59 bits per heavy atom. The molecule has 1 heterocycles. The maximum absolute atomic E-state index is 13.1. The molecule has 4 nitrogen and oxygen atoms in total. The van der Waals surface area contributed by atoms with E-state index in [4.69, 9.17) is 4.74 Å². The van der Waals surface area contributed by atoms with Crippen LogP contribution in [0.5, 0.6) is 5.75 Å². The summed E-state index contributed by atoms with van der Waals surface area (Å²) < 4.78 is 7.47. The molecular weight excluding hydrogens is 336 g/mol. The fraction of sp³-hybridized carbons (Fsp3) is 0.261. The van der Waals surface area contributed by atoms with Gasteiger partial charge in [-0.25, -0.2) is 0 Å². The number of carbonyl (C=O) groups is 1. The van der Waals surface area contributed by atoms with E-state index in [-0.39, 0.29) is 5.91 Å². The van der Waals surface area contributed by atoms with Crippen molar-refractivity contribution in [2.45, 2.75) is 26.4 Å². The number of hydrogen-bond donors (Lipinski definition) is 0. The summed E-state index contributed by atoms with van der Waals surface area (Å²) in [5, 5.41) is 0. The predicted octanol–water partition coefficient (Wildman–Crippen LogP) is 4.60. The van der Waals surface area contributed by atoms with E-state index in [1.807, 2.05) is 47.4 Å². The van der Waals surface area contributed by atoms with Crippen molar-refractivity contribution in [3.05, 3.63) is 89.7 Å². The SMILES string of the molecule is CCCN(Cc1cccn1Cc1ccccc1)C(=O)c1cccc(OC)c1. The van der Waals surface area contributed by atoms with Gasteiger partial charge in [-0.05, 0) is 42.3 Å². The van der Waals surface area contributed by atoms with Crippen LogP contribution in [0.4, 0.5) is 0 Å². The minimum absolute atomic E-state index is 0.0308. The fourth-order valence-electron chi connectivity index (χ4n) is 3.18. The minimum atomic E-state index is 0.0308. The zero-order valence-electron chi connectivity index (χ0n) is 16.0. The molecule has 0 bridgehead atoms. The van der Waals surface area contributed by atoms with Crippen LogP contribution in [0.15, 0.2) is 72.9 Å². The molecule has 1 aromatic heterocycles. The molecule has 4 heteroatoms. The second-order valence-corrected chi connectivity index (χ2v) is 6.57. The molecule has 1 amide bonds. The number of methoxy groups -OCH3 is 1. The van der Waals surface area contributed by atoms with Gasteiger partial charge in [0.05, 0.1) is 13.7 Å². The molecule has 0 fully saturated rings. The lowest BCUT2D eigenvalue weighted by atomic mass is 10.1. The summed E-state index contributed by atoms with van der Waals surface area (Å²) in [6.07, 6.45) is 2.98. The molecule has 0 unspecified atom stereocenters. The maximum atomic E-state index is 13.1. The van der Waals surface area contributed by atoms with Crippen molar-refractivity contribution >= 4 is 5.91 Å². The lowest BCUT2D eigenvalue weighted by Gasteiger charge is -2.23. The van der Waals surface area contributed by atoms with Crippen LogP contribution in [0.3, 0.4) is 0 Å². The van der Waals surface area contributed by atoms with Crippen LogP contribution in [0.2, 0.25) is 0 Å². The Kier molecular flexibility index (Phi) is 6.31. The summed E-state index contributed by atoms with van der Waals surface area (Å²) in [6, 6.07) is 21.8. The summed E-state index contributed by atoms with van der Waals surface area (Å²) >= 11 is 0. The smallest absolute Gasteiger partial charge is 0.254 e. The number of amides is 1. The van der Waals surface area contributed by atoms with Crippen molar-refractivity contribution in [1.29, 1.82) is 0 Å². The van der Waals surface area contributed by atoms with Crippen molar-refractivity contribution in [3.63, 3.8) is 0 Å². The van der Waals surface area contributed by atoms with Crippen molar-refractivity contribution < 1.29 is 9.53 Å². The first kappa shape index (κ1) is 18.8. The van der Waals surface area contributed by atoms with Gasteiger partial charge in [0.15, 0.2) is 0 Å². The van der Waals surface area contributed by atoms with Crippen LogP contribution in [0.25, 0.3) is 0 Å². The van der Waals surface area contributed by atoms with Crippen LogP contribution in [0, 0.1) is 0 Å². The molecule has 3 aromatic rings. The number of aromatic nitrogens is 1. The maximum Gasteiger partial charge on any atom is 0.254 e. The summed E-state index contributed by atoms with van der Waals surface area (Å²) in [6.45, 7) is 4.20. The molecule has 0 saturated carbocycles. The van der Waals surface area contributed by atoms with E-state index in [1.54, 1.807) is 13.2 Å². The van der Waals surface area contributed by atoms with Gasteiger partial charge in [0.2, 0.25) is 0 Å². The highest BCUT2D eigenvalue weighted by Crippen LogP contribution is 2.17. The molecule has 3 rings (SSSR count). The van der Waals surface area contributed by atoms with Crippen molar-refractivity contribution in [2.24, 2.45) is 0 Å². The Labute approximate surface area is 161 Å². The van der Waals surface area contributed by atoms with E-state index in [0.717, 1.165) is 18.7 Å². The van der Waals surface area contributed by atoms with Gasteiger partial charge < -0.3 is 14.2 Å². The van der Waals surface area contributed by atoms with Gasteiger partial charge in [0.1, 0.15) is 5.75 Å². The second kappa shape index (κ2) is 9.08. The van der Waals surface area contributed by atoms with E-state index < -0.39 is 0 Å². The molecule has 0 aliphatic carbocycles. The largest absolute Gasteiger partial charge is 0.497 e. The Bertz CT molecular complexity index is 871. The van der Waals surface area contributed by atoms with Crippen LogP contribution < -0.4 is 4.74 Å². The topological polar surface area (TPSA) is 34.5 Å². The standard InChI is InChI=1S/C23H26N2O2/c1-3-14-25(23(26)20-11-7-13-22(16-20)27-2)18-21-12-8-15-24(21)17-19-9-5-4-6-10-19/h4-13,15-16H,3,14,17-18H2,1-2H3. The number of rotatable bonds is 8. The second-order valence-electron chi connectivity index (χ2n) is 6.57. The highest BCUT2D eigenvalue weighted by molar-refractivity contribution is 5.94. The lowest BCUT2D eigenvalue weighted by molar-refractivity contribution is 0.0739. The average Bonchev–Trinajstić information content (AvgIpc) is 3.14. The summed E-state index contributed by atoms with van der Waals surface area (Å²) in [4.78, 5) is 15.0. The zero-order valence-corrected chi connectivity index (χ0v) is 16.0. The molecular formula is C23H26N2O2. The molecule has 140 valence electrons. The van der Waals surface area contributed by atoms with E-state index >= 15 is 0 Å². The van der Waals surface area contributed by atoms with Gasteiger partial charge in [0.25, 0.3) is 5.91 Å². The number of carbonyl (C=O) groups excluding carboxylic acids is 1. The zero-order chi connectivity index (χ0) is 19.1. The van der Waals surface area contributed by atoms with Crippen molar-refractivity contribution in [1.82, 2.24) is 9.47 Å². The van der Waals surface area contributed by atoms with Crippen molar-refractivity contribution in [3.8, 4) is 5.75 Å². The molecule has 0 N–H and O–H groups in total. The fourth-order valence-corrected chi connectivity index (χ4v) is 3.18. The van der Waals surface area contributed by atoms with Crippen LogP contribution in [-0.2, 0) is 13.1 Å². The van der Waals surface area contributed by atoms with Gasteiger partial charge in [-0.15, -0.1) is 0 Å². The Balaban J connectivity index is 1.78. The van der Waals surface area contributed by atoms with Gasteiger partial charge in [-0.1, -0.05) is 43.3 Å². The van der Waals surface area contributed by atoms with Gasteiger partial charge in [-0.3, -0.25) is 4.79 Å². The summed E-state index contributed by atoms with van der Waals surface area (Å²) in [5.41, 5.74) is 3.03. The van der Waals surface area contributed by atoms with Crippen LogP contribution in [0.1, 0.15) is 35.0 Å². The lowest BCUT2D eigenvalue weighted by Crippen LogP contribution is -2.32. The van der Waals surface area contributed by atoms with Crippen molar-refractivity contribution in [2.75, 3.05) is 13.7 Å². The monoisotopic (exact) mass is 362 g/mol. The molecule has 0 saturated heterocycles. The van der Waals surface area contributed by atoms with E-state index in [1.165, 1.54) is 5.56 Å². The Morgan fingerprint density at radius 1 is 1.04 bits per heavy atom.